The fourth-order valence-electron chi connectivity index (χ4n) is 2.53. The third-order valence-electron chi connectivity index (χ3n) is 3.47. The molecule has 0 aliphatic heterocycles. The van der Waals surface area contributed by atoms with Crippen LogP contribution in [0.5, 0.6) is 0 Å². The van der Waals surface area contributed by atoms with Crippen molar-refractivity contribution in [2.45, 2.75) is 27.2 Å². The van der Waals surface area contributed by atoms with Gasteiger partial charge in [0.15, 0.2) is 0 Å². The van der Waals surface area contributed by atoms with E-state index in [9.17, 15) is 4.79 Å². The van der Waals surface area contributed by atoms with Gasteiger partial charge in [-0.15, -0.1) is 11.3 Å². The summed E-state index contributed by atoms with van der Waals surface area (Å²) in [6, 6.07) is 8.29. The van der Waals surface area contributed by atoms with E-state index in [1.807, 2.05) is 6.92 Å². The third-order valence-corrected chi connectivity index (χ3v) is 4.75. The Bertz CT molecular complexity index is 845. The molecule has 3 rings (SSSR count). The number of thiophene rings is 1. The molecule has 1 aromatic carbocycles. The molecule has 0 saturated carbocycles. The van der Waals surface area contributed by atoms with Crippen LogP contribution in [0.25, 0.3) is 10.1 Å². The average molecular weight is 284 g/mol. The largest absolute Gasteiger partial charge is 0.268 e. The highest BCUT2D eigenvalue weighted by Gasteiger charge is 2.08. The van der Waals surface area contributed by atoms with E-state index in [2.05, 4.69) is 42.2 Å². The topological polar surface area (TPSA) is 45.8 Å². The summed E-state index contributed by atoms with van der Waals surface area (Å²) in [7, 11) is 0. The molecule has 102 valence electrons. The summed E-state index contributed by atoms with van der Waals surface area (Å²) in [5.74, 6) is 0. The molecule has 3 aromatic rings. The predicted octanol–water partition coefficient (Wildman–Crippen LogP) is 3.50. The van der Waals surface area contributed by atoms with Gasteiger partial charge in [-0.25, -0.2) is 5.10 Å². The maximum atomic E-state index is 11.4. The van der Waals surface area contributed by atoms with E-state index in [4.69, 9.17) is 0 Å². The zero-order valence-corrected chi connectivity index (χ0v) is 12.6. The number of H-pyrrole nitrogens is 1. The van der Waals surface area contributed by atoms with E-state index < -0.39 is 0 Å². The van der Waals surface area contributed by atoms with Gasteiger partial charge in [0.25, 0.3) is 5.56 Å². The number of fused-ring (bicyclic) bond motifs is 1. The summed E-state index contributed by atoms with van der Waals surface area (Å²) in [6.45, 7) is 6.19. The average Bonchev–Trinajstić information content (AvgIpc) is 2.76. The number of rotatable bonds is 2. The summed E-state index contributed by atoms with van der Waals surface area (Å²) < 4.78 is 1.33. The van der Waals surface area contributed by atoms with Crippen LogP contribution in [0.4, 0.5) is 0 Å². The van der Waals surface area contributed by atoms with Crippen molar-refractivity contribution in [3.63, 3.8) is 0 Å². The third kappa shape index (κ3) is 2.39. The predicted molar refractivity (Wildman–Crippen MR) is 83.7 cm³/mol. The van der Waals surface area contributed by atoms with Gasteiger partial charge in [0.1, 0.15) is 0 Å². The zero-order chi connectivity index (χ0) is 14.3. The van der Waals surface area contributed by atoms with Crippen LogP contribution in [-0.2, 0) is 6.42 Å². The van der Waals surface area contributed by atoms with Crippen LogP contribution in [0, 0.1) is 20.8 Å². The standard InChI is InChI=1S/C16H16N2OS/c1-9-4-10(2)16-13(5-9)7-14(20-16)6-12-8-15(19)18-17-11(12)3/h4-5,7-8H,6H2,1-3H3,(H,18,19). The molecule has 2 aromatic heterocycles. The minimum absolute atomic E-state index is 0.140. The summed E-state index contributed by atoms with van der Waals surface area (Å²) >= 11 is 1.80. The number of hydrogen-bond acceptors (Lipinski definition) is 3. The first-order chi connectivity index (χ1) is 9.52. The first-order valence-electron chi connectivity index (χ1n) is 6.58. The van der Waals surface area contributed by atoms with Gasteiger partial charge in [-0.2, -0.15) is 5.10 Å². The van der Waals surface area contributed by atoms with Crippen molar-refractivity contribution in [3.8, 4) is 0 Å². The van der Waals surface area contributed by atoms with E-state index in [1.165, 1.54) is 26.1 Å². The Hall–Kier alpha value is -1.94. The lowest BCUT2D eigenvalue weighted by Gasteiger charge is -2.01. The summed E-state index contributed by atoms with van der Waals surface area (Å²) in [6.07, 6.45) is 0.764. The van der Waals surface area contributed by atoms with Gasteiger partial charge in [0, 0.05) is 22.1 Å². The smallest absolute Gasteiger partial charge is 0.264 e. The minimum atomic E-state index is -0.140. The molecule has 0 spiro atoms. The molecule has 20 heavy (non-hydrogen) atoms. The molecular formula is C16H16N2OS. The number of aromatic amines is 1. The lowest BCUT2D eigenvalue weighted by Crippen LogP contribution is -2.10. The normalized spacial score (nSPS) is 11.2. The second-order valence-electron chi connectivity index (χ2n) is 5.23. The van der Waals surface area contributed by atoms with Crippen LogP contribution in [0.1, 0.15) is 27.3 Å². The molecule has 0 fully saturated rings. The maximum Gasteiger partial charge on any atom is 0.264 e. The monoisotopic (exact) mass is 284 g/mol. The molecule has 0 unspecified atom stereocenters. The molecule has 0 atom stereocenters. The van der Waals surface area contributed by atoms with Crippen LogP contribution in [0.2, 0.25) is 0 Å². The lowest BCUT2D eigenvalue weighted by molar-refractivity contribution is 0.915. The van der Waals surface area contributed by atoms with Gasteiger partial charge in [-0.1, -0.05) is 17.7 Å². The van der Waals surface area contributed by atoms with Crippen molar-refractivity contribution in [1.82, 2.24) is 10.2 Å². The van der Waals surface area contributed by atoms with E-state index in [-0.39, 0.29) is 5.56 Å². The molecule has 0 aliphatic rings. The molecule has 0 saturated heterocycles. The number of hydrogen-bond donors (Lipinski definition) is 1. The highest BCUT2D eigenvalue weighted by atomic mass is 32.1. The van der Waals surface area contributed by atoms with Crippen molar-refractivity contribution in [2.75, 3.05) is 0 Å². The Labute approximate surface area is 121 Å². The fraction of sp³-hybridized carbons (Fsp3) is 0.250. The second kappa shape index (κ2) is 4.87. The number of benzene rings is 1. The second-order valence-corrected chi connectivity index (χ2v) is 6.37. The number of aryl methyl sites for hydroxylation is 3. The van der Waals surface area contributed by atoms with Gasteiger partial charge in [0.2, 0.25) is 0 Å². The van der Waals surface area contributed by atoms with E-state index >= 15 is 0 Å². The van der Waals surface area contributed by atoms with Gasteiger partial charge in [-0.3, -0.25) is 4.79 Å². The van der Waals surface area contributed by atoms with Gasteiger partial charge >= 0.3 is 0 Å². The Balaban J connectivity index is 2.05. The number of aromatic nitrogens is 2. The zero-order valence-electron chi connectivity index (χ0n) is 11.8. The maximum absolute atomic E-state index is 11.4. The van der Waals surface area contributed by atoms with Gasteiger partial charge in [0.05, 0.1) is 5.69 Å². The number of nitrogens with one attached hydrogen (secondary N) is 1. The minimum Gasteiger partial charge on any atom is -0.268 e. The highest BCUT2D eigenvalue weighted by molar-refractivity contribution is 7.19. The SMILES string of the molecule is Cc1cc(C)c2sc(Cc3cc(=O)[nH]nc3C)cc2c1. The van der Waals surface area contributed by atoms with Crippen molar-refractivity contribution in [1.29, 1.82) is 0 Å². The quantitative estimate of drug-likeness (QED) is 0.783. The molecule has 0 amide bonds. The van der Waals surface area contributed by atoms with Gasteiger partial charge in [-0.05, 0) is 43.4 Å². The Morgan fingerprint density at radius 2 is 1.95 bits per heavy atom. The first kappa shape index (κ1) is 13.1. The molecule has 2 heterocycles. The van der Waals surface area contributed by atoms with Gasteiger partial charge < -0.3 is 0 Å². The molecule has 0 radical (unpaired) electrons. The van der Waals surface area contributed by atoms with Crippen LogP contribution < -0.4 is 5.56 Å². The molecular weight excluding hydrogens is 268 g/mol. The summed E-state index contributed by atoms with van der Waals surface area (Å²) in [5.41, 5.74) is 4.34. The number of nitrogens with zero attached hydrogens (tertiary/aromatic N) is 1. The van der Waals surface area contributed by atoms with E-state index in [1.54, 1.807) is 17.4 Å². The van der Waals surface area contributed by atoms with Crippen LogP contribution in [0.3, 0.4) is 0 Å². The van der Waals surface area contributed by atoms with E-state index in [0.29, 0.717) is 0 Å². The Kier molecular flexibility index (Phi) is 3.18. The molecule has 4 heteroatoms. The molecule has 0 bridgehead atoms. The van der Waals surface area contributed by atoms with Crippen LogP contribution in [-0.4, -0.2) is 10.2 Å². The Morgan fingerprint density at radius 1 is 1.15 bits per heavy atom. The van der Waals surface area contributed by atoms with E-state index in [0.717, 1.165) is 17.7 Å². The fourth-order valence-corrected chi connectivity index (χ4v) is 3.66. The highest BCUT2D eigenvalue weighted by Crippen LogP contribution is 2.31. The Morgan fingerprint density at radius 3 is 2.75 bits per heavy atom. The molecule has 1 N–H and O–H groups in total. The van der Waals surface area contributed by atoms with Crippen LogP contribution in [0.15, 0.2) is 29.1 Å². The van der Waals surface area contributed by atoms with Crippen molar-refractivity contribution < 1.29 is 0 Å². The lowest BCUT2D eigenvalue weighted by atomic mass is 10.1. The first-order valence-corrected chi connectivity index (χ1v) is 7.39. The van der Waals surface area contributed by atoms with Crippen molar-refractivity contribution >= 4 is 21.4 Å². The molecule has 3 nitrogen and oxygen atoms in total. The van der Waals surface area contributed by atoms with Crippen molar-refractivity contribution in [2.24, 2.45) is 0 Å². The summed E-state index contributed by atoms with van der Waals surface area (Å²) in [4.78, 5) is 12.7. The summed E-state index contributed by atoms with van der Waals surface area (Å²) in [5, 5.41) is 7.78. The molecule has 0 aliphatic carbocycles. The van der Waals surface area contributed by atoms with Crippen molar-refractivity contribution in [3.05, 3.63) is 61.9 Å². The van der Waals surface area contributed by atoms with Crippen LogP contribution >= 0.6 is 11.3 Å².